The van der Waals surface area contributed by atoms with Gasteiger partial charge in [0, 0.05) is 11.9 Å². The first kappa shape index (κ1) is 5.90. The number of hydrogen-bond acceptors (Lipinski definition) is 1. The molecule has 0 unspecified atom stereocenters. The average Bonchev–Trinajstić information content (AvgIpc) is 2.05. The minimum Gasteiger partial charge on any atom is -0.265 e. The maximum Gasteiger partial charge on any atom is 0.0434 e. The topological polar surface area (TPSA) is 12.4 Å². The van der Waals surface area contributed by atoms with Crippen molar-refractivity contribution in [1.29, 1.82) is 0 Å². The molecule has 0 bridgehead atoms. The number of rotatable bonds is 0. The van der Waals surface area contributed by atoms with E-state index in [-0.39, 0.29) is 0 Å². The van der Waals surface area contributed by atoms with Gasteiger partial charge in [-0.15, -0.1) is 0 Å². The highest BCUT2D eigenvalue weighted by Gasteiger charge is 2.08. The molecule has 0 radical (unpaired) electrons. The van der Waals surface area contributed by atoms with Crippen LogP contribution in [0.5, 0.6) is 0 Å². The molecule has 1 nitrogen and oxygen atoms in total. The van der Waals surface area contributed by atoms with Crippen LogP contribution < -0.4 is 0 Å². The van der Waals surface area contributed by atoms with Gasteiger partial charge in [0.2, 0.25) is 0 Å². The molecule has 0 amide bonds. The van der Waals surface area contributed by atoms with Crippen LogP contribution in [-0.4, -0.2) is 6.21 Å². The minimum absolute atomic E-state index is 1.13. The summed E-state index contributed by atoms with van der Waals surface area (Å²) in [6.45, 7) is 0. The molecule has 0 atom stereocenters. The fourth-order valence-corrected chi connectivity index (χ4v) is 1.47. The molecule has 0 spiro atoms. The second kappa shape index (κ2) is 2.41. The van der Waals surface area contributed by atoms with E-state index in [1.165, 1.54) is 24.1 Å². The van der Waals surface area contributed by atoms with Gasteiger partial charge in [-0.05, 0) is 31.3 Å². The number of aliphatic imine (C=N–C) groups is 1. The summed E-state index contributed by atoms with van der Waals surface area (Å²) < 4.78 is 0. The summed E-state index contributed by atoms with van der Waals surface area (Å²) in [5, 5.41) is 0. The summed E-state index contributed by atoms with van der Waals surface area (Å²) in [6, 6.07) is 0. The SMILES string of the molecule is C1=CC2=C(CC1)N=CCC2. The van der Waals surface area contributed by atoms with Gasteiger partial charge in [0.25, 0.3) is 0 Å². The Morgan fingerprint density at radius 1 is 1.20 bits per heavy atom. The molecule has 0 aromatic carbocycles. The lowest BCUT2D eigenvalue weighted by atomic mass is 9.98. The van der Waals surface area contributed by atoms with E-state index in [4.69, 9.17) is 0 Å². The Labute approximate surface area is 61.2 Å². The fraction of sp³-hybridized carbons (Fsp3) is 0.444. The van der Waals surface area contributed by atoms with Crippen LogP contribution in [0, 0.1) is 0 Å². The summed E-state index contributed by atoms with van der Waals surface area (Å²) >= 11 is 0. The Kier molecular flexibility index (Phi) is 1.42. The molecule has 0 aromatic heterocycles. The first-order chi connectivity index (χ1) is 4.97. The second-order valence-corrected chi connectivity index (χ2v) is 2.76. The number of nitrogens with zero attached hydrogens (tertiary/aromatic N) is 1. The van der Waals surface area contributed by atoms with E-state index in [1.54, 1.807) is 0 Å². The highest BCUT2D eigenvalue weighted by atomic mass is 14.7. The zero-order valence-corrected chi connectivity index (χ0v) is 6.01. The van der Waals surface area contributed by atoms with Gasteiger partial charge < -0.3 is 0 Å². The van der Waals surface area contributed by atoms with Crippen LogP contribution >= 0.6 is 0 Å². The first-order valence-electron chi connectivity index (χ1n) is 3.88. The highest BCUT2D eigenvalue weighted by molar-refractivity contribution is 5.62. The van der Waals surface area contributed by atoms with E-state index in [9.17, 15) is 0 Å². The second-order valence-electron chi connectivity index (χ2n) is 2.76. The van der Waals surface area contributed by atoms with Crippen molar-refractivity contribution in [2.75, 3.05) is 0 Å². The molecular weight excluding hydrogens is 122 g/mol. The molecule has 0 saturated carbocycles. The third-order valence-electron chi connectivity index (χ3n) is 2.03. The molecule has 1 heteroatoms. The van der Waals surface area contributed by atoms with Crippen LogP contribution in [0.1, 0.15) is 25.7 Å². The fourth-order valence-electron chi connectivity index (χ4n) is 1.47. The average molecular weight is 133 g/mol. The Bertz CT molecular complexity index is 197. The highest BCUT2D eigenvalue weighted by Crippen LogP contribution is 2.25. The van der Waals surface area contributed by atoms with Crippen LogP contribution in [0.4, 0.5) is 0 Å². The molecule has 10 heavy (non-hydrogen) atoms. The summed E-state index contributed by atoms with van der Waals surface area (Å²) in [5.41, 5.74) is 2.79. The van der Waals surface area contributed by atoms with Crippen LogP contribution in [0.3, 0.4) is 0 Å². The Balaban J connectivity index is 2.32. The zero-order chi connectivity index (χ0) is 6.81. The normalized spacial score (nSPS) is 23.2. The Morgan fingerprint density at radius 2 is 2.20 bits per heavy atom. The van der Waals surface area contributed by atoms with Crippen molar-refractivity contribution >= 4 is 6.21 Å². The van der Waals surface area contributed by atoms with Crippen molar-refractivity contribution in [3.63, 3.8) is 0 Å². The van der Waals surface area contributed by atoms with Gasteiger partial charge >= 0.3 is 0 Å². The summed E-state index contributed by atoms with van der Waals surface area (Å²) in [4.78, 5) is 4.35. The molecule has 1 aliphatic carbocycles. The van der Waals surface area contributed by atoms with Crippen LogP contribution in [0.15, 0.2) is 28.4 Å². The van der Waals surface area contributed by atoms with Gasteiger partial charge in [0.1, 0.15) is 0 Å². The van der Waals surface area contributed by atoms with Crippen LogP contribution in [0.25, 0.3) is 0 Å². The molecule has 1 heterocycles. The van der Waals surface area contributed by atoms with Gasteiger partial charge in [-0.25, -0.2) is 0 Å². The number of hydrogen-bond donors (Lipinski definition) is 0. The van der Waals surface area contributed by atoms with Gasteiger partial charge in [0.15, 0.2) is 0 Å². The Morgan fingerprint density at radius 3 is 3.10 bits per heavy atom. The van der Waals surface area contributed by atoms with Crippen molar-refractivity contribution in [2.24, 2.45) is 4.99 Å². The van der Waals surface area contributed by atoms with Crippen molar-refractivity contribution < 1.29 is 0 Å². The summed E-state index contributed by atoms with van der Waals surface area (Å²) in [7, 11) is 0. The summed E-state index contributed by atoms with van der Waals surface area (Å²) in [6.07, 6.45) is 11.2. The van der Waals surface area contributed by atoms with Gasteiger partial charge in [-0.3, -0.25) is 4.99 Å². The van der Waals surface area contributed by atoms with E-state index >= 15 is 0 Å². The van der Waals surface area contributed by atoms with Gasteiger partial charge in [0.05, 0.1) is 0 Å². The van der Waals surface area contributed by atoms with Crippen molar-refractivity contribution in [3.8, 4) is 0 Å². The predicted molar refractivity (Wildman–Crippen MR) is 43.1 cm³/mol. The lowest BCUT2D eigenvalue weighted by molar-refractivity contribution is 0.865. The van der Waals surface area contributed by atoms with E-state index in [2.05, 4.69) is 17.1 Å². The molecule has 2 aliphatic rings. The third-order valence-corrected chi connectivity index (χ3v) is 2.03. The van der Waals surface area contributed by atoms with Crippen LogP contribution in [0.2, 0.25) is 0 Å². The monoisotopic (exact) mass is 133 g/mol. The molecule has 52 valence electrons. The standard InChI is InChI=1S/C9H11N/c1-2-6-9-8(4-1)5-3-7-10-9/h1,4,7H,2-3,5-6H2. The molecular formula is C9H11N. The molecule has 1 aliphatic heterocycles. The van der Waals surface area contributed by atoms with Crippen molar-refractivity contribution in [3.05, 3.63) is 23.4 Å². The zero-order valence-electron chi connectivity index (χ0n) is 6.01. The lowest BCUT2D eigenvalue weighted by Crippen LogP contribution is -1.98. The molecule has 0 fully saturated rings. The van der Waals surface area contributed by atoms with E-state index < -0.39 is 0 Å². The maximum atomic E-state index is 4.35. The predicted octanol–water partition coefficient (Wildman–Crippen LogP) is 2.46. The van der Waals surface area contributed by atoms with E-state index in [1.807, 2.05) is 6.21 Å². The van der Waals surface area contributed by atoms with Crippen LogP contribution in [-0.2, 0) is 0 Å². The quantitative estimate of drug-likeness (QED) is 0.481. The first-order valence-corrected chi connectivity index (χ1v) is 3.88. The van der Waals surface area contributed by atoms with E-state index in [0.29, 0.717) is 0 Å². The lowest BCUT2D eigenvalue weighted by Gasteiger charge is -2.14. The third kappa shape index (κ3) is 0.919. The largest absolute Gasteiger partial charge is 0.265 e. The molecule has 0 saturated heterocycles. The Hall–Kier alpha value is -0.850. The minimum atomic E-state index is 1.13. The van der Waals surface area contributed by atoms with Crippen molar-refractivity contribution in [2.45, 2.75) is 25.7 Å². The smallest absolute Gasteiger partial charge is 0.0434 e. The van der Waals surface area contributed by atoms with Gasteiger partial charge in [-0.2, -0.15) is 0 Å². The number of allylic oxidation sites excluding steroid dienone is 4. The molecule has 0 N–H and O–H groups in total. The molecule has 2 rings (SSSR count). The molecule has 0 aromatic rings. The van der Waals surface area contributed by atoms with Crippen molar-refractivity contribution in [1.82, 2.24) is 0 Å². The maximum absolute atomic E-state index is 4.35. The van der Waals surface area contributed by atoms with E-state index in [0.717, 1.165) is 12.8 Å². The van der Waals surface area contributed by atoms with Gasteiger partial charge in [-0.1, -0.05) is 12.2 Å². The summed E-state index contributed by atoms with van der Waals surface area (Å²) in [5.74, 6) is 0.